The largest absolute Gasteiger partial charge is 0.465 e. The molecule has 4 nitrogen and oxygen atoms in total. The number of carbonyl (C=O) groups is 1. The van der Waals surface area contributed by atoms with Crippen LogP contribution in [0.1, 0.15) is 15.2 Å². The first kappa shape index (κ1) is 17.2. The monoisotopic (exact) mass is 360 g/mol. The molecule has 0 saturated carbocycles. The molecule has 0 aliphatic rings. The van der Waals surface area contributed by atoms with E-state index in [1.807, 2.05) is 0 Å². The molecule has 1 aromatic carbocycles. The number of hydrogen-bond donors (Lipinski definition) is 2. The molecule has 0 fully saturated rings. The molecule has 2 N–H and O–H groups in total. The van der Waals surface area contributed by atoms with Crippen LogP contribution in [-0.2, 0) is 10.9 Å². The van der Waals surface area contributed by atoms with Crippen molar-refractivity contribution in [3.63, 3.8) is 0 Å². The lowest BCUT2D eigenvalue weighted by Crippen LogP contribution is -2.20. The third kappa shape index (κ3) is 4.42. The Bertz CT molecular complexity index is 729. The smallest absolute Gasteiger partial charge is 0.416 e. The van der Waals surface area contributed by atoms with E-state index in [0.717, 1.165) is 23.5 Å². The molecule has 23 heavy (non-hydrogen) atoms. The Morgan fingerprint density at radius 2 is 2.00 bits per heavy atom. The molecule has 0 amide bonds. The molecule has 0 aliphatic heterocycles. The number of methoxy groups -OCH3 is 1. The van der Waals surface area contributed by atoms with Gasteiger partial charge in [0.2, 0.25) is 0 Å². The summed E-state index contributed by atoms with van der Waals surface area (Å²) in [5.41, 5.74) is -0.172. The zero-order chi connectivity index (χ0) is 17.0. The maximum atomic E-state index is 12.7. The summed E-state index contributed by atoms with van der Waals surface area (Å²) >= 11 is 6.22. The van der Waals surface area contributed by atoms with Gasteiger partial charge in [-0.2, -0.15) is 13.2 Å². The minimum atomic E-state index is -4.43. The van der Waals surface area contributed by atoms with Gasteiger partial charge in [-0.1, -0.05) is 6.07 Å². The van der Waals surface area contributed by atoms with Crippen molar-refractivity contribution in [1.29, 1.82) is 0 Å². The number of rotatable bonds is 3. The second-order valence-corrected chi connectivity index (χ2v) is 5.64. The van der Waals surface area contributed by atoms with Gasteiger partial charge in [0.05, 0.1) is 18.4 Å². The summed E-state index contributed by atoms with van der Waals surface area (Å²) in [4.78, 5) is 11.9. The number of carbonyl (C=O) groups excluding carboxylic acids is 1. The molecule has 2 rings (SSSR count). The highest BCUT2D eigenvalue weighted by atomic mass is 32.1. The summed E-state index contributed by atoms with van der Waals surface area (Å²) in [5.74, 6) is -0.524. The Kier molecular flexibility index (Phi) is 5.22. The number of nitrogens with one attached hydrogen (secondary N) is 2. The van der Waals surface area contributed by atoms with Gasteiger partial charge in [-0.25, -0.2) is 4.79 Å². The van der Waals surface area contributed by atoms with Gasteiger partial charge in [0.25, 0.3) is 0 Å². The maximum Gasteiger partial charge on any atom is 0.416 e. The van der Waals surface area contributed by atoms with Crippen LogP contribution in [0.25, 0.3) is 0 Å². The molecule has 0 spiro atoms. The molecule has 0 saturated heterocycles. The van der Waals surface area contributed by atoms with Gasteiger partial charge < -0.3 is 15.4 Å². The number of alkyl halides is 3. The first-order valence-corrected chi connectivity index (χ1v) is 7.51. The topological polar surface area (TPSA) is 50.4 Å². The van der Waals surface area contributed by atoms with Gasteiger partial charge in [0.15, 0.2) is 5.11 Å². The maximum absolute atomic E-state index is 12.7. The predicted octanol–water partition coefficient (Wildman–Crippen LogP) is 4.36. The molecule has 1 aromatic heterocycles. The highest BCUT2D eigenvalue weighted by molar-refractivity contribution is 7.80. The minimum absolute atomic E-state index is 0.0628. The third-order valence-corrected chi connectivity index (χ3v) is 3.83. The normalized spacial score (nSPS) is 11.0. The fourth-order valence-corrected chi connectivity index (χ4v) is 2.71. The highest BCUT2D eigenvalue weighted by Gasteiger charge is 2.30. The zero-order valence-corrected chi connectivity index (χ0v) is 13.4. The molecule has 0 aliphatic carbocycles. The molecule has 0 radical (unpaired) electrons. The lowest BCUT2D eigenvalue weighted by molar-refractivity contribution is -0.137. The van der Waals surface area contributed by atoms with Crippen molar-refractivity contribution in [2.45, 2.75) is 6.18 Å². The fourth-order valence-electron chi connectivity index (χ4n) is 1.72. The van der Waals surface area contributed by atoms with Crippen LogP contribution in [0.2, 0.25) is 0 Å². The molecule has 2 aromatic rings. The number of benzene rings is 1. The molecular formula is C14H11F3N2O2S2. The van der Waals surface area contributed by atoms with Crippen LogP contribution >= 0.6 is 23.6 Å². The van der Waals surface area contributed by atoms with Gasteiger partial charge in [-0.05, 0) is 41.9 Å². The van der Waals surface area contributed by atoms with E-state index in [1.165, 1.54) is 19.2 Å². The van der Waals surface area contributed by atoms with Crippen LogP contribution in [0.3, 0.4) is 0 Å². The molecule has 122 valence electrons. The Labute approximate surface area is 139 Å². The number of halogens is 3. The Morgan fingerprint density at radius 3 is 2.65 bits per heavy atom. The van der Waals surface area contributed by atoms with E-state index in [0.29, 0.717) is 10.6 Å². The molecule has 0 atom stereocenters. The predicted molar refractivity (Wildman–Crippen MR) is 86.9 cm³/mol. The number of ether oxygens (including phenoxy) is 1. The van der Waals surface area contributed by atoms with E-state index in [1.54, 1.807) is 11.4 Å². The molecule has 1 heterocycles. The van der Waals surface area contributed by atoms with Crippen molar-refractivity contribution in [2.75, 3.05) is 17.7 Å². The number of thiophene rings is 1. The third-order valence-electron chi connectivity index (χ3n) is 2.73. The average Bonchev–Trinajstić information content (AvgIpc) is 2.93. The van der Waals surface area contributed by atoms with E-state index >= 15 is 0 Å². The summed E-state index contributed by atoms with van der Waals surface area (Å²) in [6.45, 7) is 0. The van der Waals surface area contributed by atoms with Gasteiger partial charge >= 0.3 is 12.1 Å². The van der Waals surface area contributed by atoms with Crippen molar-refractivity contribution in [3.8, 4) is 0 Å². The van der Waals surface area contributed by atoms with E-state index in [9.17, 15) is 18.0 Å². The van der Waals surface area contributed by atoms with Gasteiger partial charge in [-0.3, -0.25) is 0 Å². The van der Waals surface area contributed by atoms with E-state index in [2.05, 4.69) is 15.4 Å². The van der Waals surface area contributed by atoms with Gasteiger partial charge in [0, 0.05) is 5.69 Å². The molecular weight excluding hydrogens is 349 g/mol. The van der Waals surface area contributed by atoms with E-state index in [-0.39, 0.29) is 10.8 Å². The Morgan fingerprint density at radius 1 is 1.26 bits per heavy atom. The second-order valence-electron chi connectivity index (χ2n) is 4.31. The lowest BCUT2D eigenvalue weighted by Gasteiger charge is -2.12. The minimum Gasteiger partial charge on any atom is -0.465 e. The van der Waals surface area contributed by atoms with Crippen molar-refractivity contribution < 1.29 is 22.7 Å². The summed E-state index contributed by atoms with van der Waals surface area (Å²) in [5, 5.41) is 7.14. The molecule has 0 bridgehead atoms. The number of anilines is 2. The standard InChI is InChI=1S/C14H11F3N2O2S2/c1-21-12(20)11-10(5-6-23-11)19-13(22)18-9-4-2-3-8(7-9)14(15,16)17/h2-7H,1H3,(H2,18,19,22). The van der Waals surface area contributed by atoms with Crippen LogP contribution in [0.4, 0.5) is 24.5 Å². The van der Waals surface area contributed by atoms with Crippen LogP contribution in [0, 0.1) is 0 Å². The summed E-state index contributed by atoms with van der Waals surface area (Å²) in [6.07, 6.45) is -4.43. The Hall–Kier alpha value is -2.13. The number of esters is 1. The second kappa shape index (κ2) is 6.97. The first-order chi connectivity index (χ1) is 10.8. The Balaban J connectivity index is 2.09. The lowest BCUT2D eigenvalue weighted by atomic mass is 10.2. The van der Waals surface area contributed by atoms with Gasteiger partial charge in [-0.15, -0.1) is 11.3 Å². The van der Waals surface area contributed by atoms with Crippen LogP contribution in [0.15, 0.2) is 35.7 Å². The molecule has 9 heteroatoms. The van der Waals surface area contributed by atoms with E-state index in [4.69, 9.17) is 12.2 Å². The quantitative estimate of drug-likeness (QED) is 0.629. The SMILES string of the molecule is COC(=O)c1sccc1NC(=S)Nc1cccc(C(F)(F)F)c1. The number of hydrogen-bond acceptors (Lipinski definition) is 4. The fraction of sp³-hybridized carbons (Fsp3) is 0.143. The van der Waals surface area contributed by atoms with Crippen LogP contribution < -0.4 is 10.6 Å². The van der Waals surface area contributed by atoms with Gasteiger partial charge in [0.1, 0.15) is 4.88 Å². The van der Waals surface area contributed by atoms with Crippen LogP contribution in [0.5, 0.6) is 0 Å². The summed E-state index contributed by atoms with van der Waals surface area (Å²) in [7, 11) is 1.25. The first-order valence-electron chi connectivity index (χ1n) is 6.22. The van der Waals surface area contributed by atoms with Crippen molar-refractivity contribution in [2.24, 2.45) is 0 Å². The van der Waals surface area contributed by atoms with Crippen LogP contribution in [-0.4, -0.2) is 18.2 Å². The summed E-state index contributed by atoms with van der Waals surface area (Å²) < 4.78 is 42.6. The summed E-state index contributed by atoms with van der Waals surface area (Å²) in [6, 6.07) is 6.27. The van der Waals surface area contributed by atoms with E-state index < -0.39 is 17.7 Å². The zero-order valence-electron chi connectivity index (χ0n) is 11.7. The van der Waals surface area contributed by atoms with Crippen molar-refractivity contribution >= 4 is 46.0 Å². The van der Waals surface area contributed by atoms with Crippen molar-refractivity contribution in [1.82, 2.24) is 0 Å². The average molecular weight is 360 g/mol. The number of thiocarbonyl (C=S) groups is 1. The molecule has 0 unspecified atom stereocenters. The highest BCUT2D eigenvalue weighted by Crippen LogP contribution is 2.30. The van der Waals surface area contributed by atoms with Crippen molar-refractivity contribution in [3.05, 3.63) is 46.2 Å².